The molecular weight excluding hydrogens is 349 g/mol. The average molecular weight is 366 g/mol. The van der Waals surface area contributed by atoms with Crippen molar-refractivity contribution in [3.05, 3.63) is 64.4 Å². The first-order chi connectivity index (χ1) is 12.0. The minimum atomic E-state index is -0.795. The standard InChI is InChI=1S/C18H17ClFNO4/c1-12-3-2-4-14(9-12)24-8-7-21-17(22)11-25-18(23)15-6-5-13(20)10-16(15)19/h2-6,9-10H,7-8,11H2,1H3,(H,21,22). The molecule has 7 heteroatoms. The largest absolute Gasteiger partial charge is 0.492 e. The molecule has 0 heterocycles. The maximum absolute atomic E-state index is 12.9. The topological polar surface area (TPSA) is 64.6 Å². The van der Waals surface area contributed by atoms with E-state index < -0.39 is 24.3 Å². The van der Waals surface area contributed by atoms with Crippen molar-refractivity contribution < 1.29 is 23.5 Å². The van der Waals surface area contributed by atoms with Crippen LogP contribution in [0.3, 0.4) is 0 Å². The first-order valence-electron chi connectivity index (χ1n) is 7.54. The summed E-state index contributed by atoms with van der Waals surface area (Å²) in [4.78, 5) is 23.4. The molecule has 0 aliphatic heterocycles. The Morgan fingerprint density at radius 3 is 2.72 bits per heavy atom. The summed E-state index contributed by atoms with van der Waals surface area (Å²) in [6.07, 6.45) is 0. The van der Waals surface area contributed by atoms with Crippen LogP contribution in [-0.4, -0.2) is 31.6 Å². The zero-order valence-corrected chi connectivity index (χ0v) is 14.3. The van der Waals surface area contributed by atoms with E-state index in [2.05, 4.69) is 5.32 Å². The fraction of sp³-hybridized carbons (Fsp3) is 0.222. The van der Waals surface area contributed by atoms with Crippen LogP contribution in [0.5, 0.6) is 5.75 Å². The summed E-state index contributed by atoms with van der Waals surface area (Å²) < 4.78 is 23.3. The van der Waals surface area contributed by atoms with Crippen LogP contribution in [0.2, 0.25) is 5.02 Å². The molecule has 2 aromatic rings. The van der Waals surface area contributed by atoms with Gasteiger partial charge in [0.25, 0.3) is 5.91 Å². The number of carbonyl (C=O) groups is 2. The number of amides is 1. The molecule has 25 heavy (non-hydrogen) atoms. The monoisotopic (exact) mass is 365 g/mol. The second-order valence-corrected chi connectivity index (χ2v) is 5.62. The van der Waals surface area contributed by atoms with Crippen molar-refractivity contribution in [1.82, 2.24) is 5.32 Å². The maximum Gasteiger partial charge on any atom is 0.340 e. The zero-order chi connectivity index (χ0) is 18.2. The van der Waals surface area contributed by atoms with Crippen molar-refractivity contribution in [3.63, 3.8) is 0 Å². The molecule has 0 atom stereocenters. The lowest BCUT2D eigenvalue weighted by Gasteiger charge is -2.09. The van der Waals surface area contributed by atoms with Gasteiger partial charge in [0.1, 0.15) is 18.2 Å². The second-order valence-electron chi connectivity index (χ2n) is 5.22. The molecular formula is C18H17ClFNO4. The number of halogens is 2. The summed E-state index contributed by atoms with van der Waals surface area (Å²) in [6, 6.07) is 10.8. The highest BCUT2D eigenvalue weighted by atomic mass is 35.5. The average Bonchev–Trinajstić information content (AvgIpc) is 2.56. The molecule has 132 valence electrons. The van der Waals surface area contributed by atoms with Gasteiger partial charge >= 0.3 is 5.97 Å². The summed E-state index contributed by atoms with van der Waals surface area (Å²) in [5, 5.41) is 2.49. The van der Waals surface area contributed by atoms with Crippen LogP contribution in [0.4, 0.5) is 4.39 Å². The zero-order valence-electron chi connectivity index (χ0n) is 13.6. The molecule has 0 unspecified atom stereocenters. The smallest absolute Gasteiger partial charge is 0.340 e. The van der Waals surface area contributed by atoms with E-state index in [-0.39, 0.29) is 23.7 Å². The number of rotatable bonds is 7. The number of nitrogens with one attached hydrogen (secondary N) is 1. The number of esters is 1. The van der Waals surface area contributed by atoms with E-state index in [4.69, 9.17) is 21.1 Å². The van der Waals surface area contributed by atoms with E-state index in [9.17, 15) is 14.0 Å². The summed E-state index contributed by atoms with van der Waals surface area (Å²) in [6.45, 7) is 2.04. The highest BCUT2D eigenvalue weighted by Gasteiger charge is 2.14. The van der Waals surface area contributed by atoms with E-state index in [0.29, 0.717) is 5.75 Å². The Bertz CT molecular complexity index is 766. The molecule has 0 aliphatic rings. The lowest BCUT2D eigenvalue weighted by molar-refractivity contribution is -0.124. The normalized spacial score (nSPS) is 10.2. The fourth-order valence-electron chi connectivity index (χ4n) is 1.98. The summed E-state index contributed by atoms with van der Waals surface area (Å²) in [5.41, 5.74) is 1.08. The van der Waals surface area contributed by atoms with Crippen LogP contribution in [-0.2, 0) is 9.53 Å². The van der Waals surface area contributed by atoms with E-state index in [1.807, 2.05) is 31.2 Å². The van der Waals surface area contributed by atoms with Crippen molar-refractivity contribution in [2.45, 2.75) is 6.92 Å². The molecule has 0 saturated carbocycles. The van der Waals surface area contributed by atoms with Crippen LogP contribution < -0.4 is 10.1 Å². The van der Waals surface area contributed by atoms with Gasteiger partial charge in [-0.05, 0) is 42.8 Å². The highest BCUT2D eigenvalue weighted by molar-refractivity contribution is 6.33. The molecule has 2 aromatic carbocycles. The van der Waals surface area contributed by atoms with E-state index in [0.717, 1.165) is 17.7 Å². The van der Waals surface area contributed by atoms with Gasteiger partial charge in [-0.15, -0.1) is 0 Å². The molecule has 0 spiro atoms. The lowest BCUT2D eigenvalue weighted by atomic mass is 10.2. The first-order valence-corrected chi connectivity index (χ1v) is 7.92. The van der Waals surface area contributed by atoms with Crippen molar-refractivity contribution in [3.8, 4) is 5.75 Å². The first kappa shape index (κ1) is 18.7. The van der Waals surface area contributed by atoms with Gasteiger partial charge in [0.05, 0.1) is 17.1 Å². The predicted molar refractivity (Wildman–Crippen MR) is 91.4 cm³/mol. The Morgan fingerprint density at radius 2 is 2.00 bits per heavy atom. The Labute approximate surface area is 149 Å². The number of aryl methyl sites for hydroxylation is 1. The molecule has 0 aromatic heterocycles. The molecule has 0 fully saturated rings. The molecule has 1 N–H and O–H groups in total. The van der Waals surface area contributed by atoms with Crippen LogP contribution in [0.15, 0.2) is 42.5 Å². The number of hydrogen-bond acceptors (Lipinski definition) is 4. The Morgan fingerprint density at radius 1 is 1.20 bits per heavy atom. The van der Waals surface area contributed by atoms with Crippen molar-refractivity contribution >= 4 is 23.5 Å². The molecule has 1 amide bonds. The molecule has 0 aliphatic carbocycles. The van der Waals surface area contributed by atoms with Gasteiger partial charge in [-0.2, -0.15) is 0 Å². The van der Waals surface area contributed by atoms with Gasteiger partial charge in [-0.25, -0.2) is 9.18 Å². The number of benzene rings is 2. The summed E-state index contributed by atoms with van der Waals surface area (Å²) in [5.74, 6) is -1.12. The number of hydrogen-bond donors (Lipinski definition) is 1. The van der Waals surface area contributed by atoms with Crippen LogP contribution in [0, 0.1) is 12.7 Å². The minimum Gasteiger partial charge on any atom is -0.492 e. The van der Waals surface area contributed by atoms with Gasteiger partial charge in [0.15, 0.2) is 6.61 Å². The van der Waals surface area contributed by atoms with Gasteiger partial charge in [-0.3, -0.25) is 4.79 Å². The van der Waals surface area contributed by atoms with E-state index in [1.54, 1.807) is 0 Å². The predicted octanol–water partition coefficient (Wildman–Crippen LogP) is 3.14. The Hall–Kier alpha value is -2.60. The fourth-order valence-corrected chi connectivity index (χ4v) is 2.22. The molecule has 0 bridgehead atoms. The second kappa shape index (κ2) is 9.03. The third kappa shape index (κ3) is 6.08. The van der Waals surface area contributed by atoms with E-state index >= 15 is 0 Å². The third-order valence-corrected chi connectivity index (χ3v) is 3.48. The van der Waals surface area contributed by atoms with Crippen molar-refractivity contribution in [1.29, 1.82) is 0 Å². The third-order valence-electron chi connectivity index (χ3n) is 3.17. The quantitative estimate of drug-likeness (QED) is 0.604. The van der Waals surface area contributed by atoms with Crippen LogP contribution in [0.25, 0.3) is 0 Å². The minimum absolute atomic E-state index is 0.00125. The number of ether oxygens (including phenoxy) is 2. The maximum atomic E-state index is 12.9. The van der Waals surface area contributed by atoms with Gasteiger partial charge in [-0.1, -0.05) is 23.7 Å². The lowest BCUT2D eigenvalue weighted by Crippen LogP contribution is -2.32. The van der Waals surface area contributed by atoms with Crippen molar-refractivity contribution in [2.75, 3.05) is 19.8 Å². The highest BCUT2D eigenvalue weighted by Crippen LogP contribution is 2.18. The van der Waals surface area contributed by atoms with Crippen LogP contribution >= 0.6 is 11.6 Å². The Balaban J connectivity index is 1.69. The molecule has 2 rings (SSSR count). The summed E-state index contributed by atoms with van der Waals surface area (Å²) >= 11 is 5.75. The van der Waals surface area contributed by atoms with Crippen LogP contribution in [0.1, 0.15) is 15.9 Å². The number of carbonyl (C=O) groups excluding carboxylic acids is 2. The summed E-state index contributed by atoms with van der Waals surface area (Å²) in [7, 11) is 0. The Kier molecular flexibility index (Phi) is 6.77. The molecule has 0 radical (unpaired) electrons. The van der Waals surface area contributed by atoms with Gasteiger partial charge in [0, 0.05) is 0 Å². The van der Waals surface area contributed by atoms with Gasteiger partial charge < -0.3 is 14.8 Å². The van der Waals surface area contributed by atoms with Gasteiger partial charge in [0.2, 0.25) is 0 Å². The molecule has 5 nitrogen and oxygen atoms in total. The SMILES string of the molecule is Cc1cccc(OCCNC(=O)COC(=O)c2ccc(F)cc2Cl)c1. The van der Waals surface area contributed by atoms with E-state index in [1.165, 1.54) is 6.07 Å². The van der Waals surface area contributed by atoms with Crippen molar-refractivity contribution in [2.24, 2.45) is 0 Å². The molecule has 0 saturated heterocycles.